The van der Waals surface area contributed by atoms with Crippen LogP contribution in [-0.2, 0) is 0 Å². The monoisotopic (exact) mass is 371 g/mol. The van der Waals surface area contributed by atoms with Crippen LogP contribution in [0.2, 0.25) is 0 Å². The fraction of sp³-hybridized carbons (Fsp3) is 0.250. The van der Waals surface area contributed by atoms with Gasteiger partial charge in [-0.3, -0.25) is 4.98 Å². The van der Waals surface area contributed by atoms with Gasteiger partial charge in [0.2, 0.25) is 0 Å². The minimum absolute atomic E-state index is 0.538. The molecule has 2 aromatic rings. The van der Waals surface area contributed by atoms with Crippen LogP contribution in [0.5, 0.6) is 0 Å². The quantitative estimate of drug-likeness (QED) is 0.877. The van der Waals surface area contributed by atoms with E-state index in [1.807, 2.05) is 13.0 Å². The molecule has 0 aliphatic heterocycles. The molecule has 0 aliphatic rings. The van der Waals surface area contributed by atoms with Gasteiger partial charge in [-0.25, -0.2) is 9.97 Å². The van der Waals surface area contributed by atoms with E-state index >= 15 is 0 Å². The van der Waals surface area contributed by atoms with Gasteiger partial charge in [0.25, 0.3) is 0 Å². The van der Waals surface area contributed by atoms with Crippen molar-refractivity contribution in [2.24, 2.45) is 0 Å². The normalized spacial score (nSPS) is 12.5. The Morgan fingerprint density at radius 3 is 2.50 bits per heavy atom. The van der Waals surface area contributed by atoms with Crippen LogP contribution < -0.4 is 0 Å². The van der Waals surface area contributed by atoms with Crippen molar-refractivity contribution in [3.63, 3.8) is 0 Å². The van der Waals surface area contributed by atoms with Crippen molar-refractivity contribution in [1.82, 2.24) is 15.0 Å². The molecule has 1 atom stereocenters. The van der Waals surface area contributed by atoms with Crippen LogP contribution in [0.3, 0.4) is 0 Å². The minimum atomic E-state index is -0.569. The van der Waals surface area contributed by atoms with Crippen LogP contribution in [0.25, 0.3) is 11.5 Å². The maximum atomic E-state index is 9.55. The standard InChI is InChI=1S/C12H11Br2N3O/c1-6-9(7(2)18)5-16-12(17-6)11-10(14)3-8(13)4-15-11/h3-5,7,18H,1-2H3. The average molecular weight is 373 g/mol. The van der Waals surface area contributed by atoms with Crippen molar-refractivity contribution in [1.29, 1.82) is 0 Å². The van der Waals surface area contributed by atoms with Crippen LogP contribution in [0, 0.1) is 6.92 Å². The second-order valence-corrected chi connectivity index (χ2v) is 5.66. The first-order valence-electron chi connectivity index (χ1n) is 5.32. The summed E-state index contributed by atoms with van der Waals surface area (Å²) in [6.07, 6.45) is 2.76. The number of pyridine rings is 1. The highest BCUT2D eigenvalue weighted by molar-refractivity contribution is 9.11. The summed E-state index contributed by atoms with van der Waals surface area (Å²) < 4.78 is 1.71. The number of hydrogen-bond acceptors (Lipinski definition) is 4. The van der Waals surface area contributed by atoms with Gasteiger partial charge in [-0.1, -0.05) is 0 Å². The SMILES string of the molecule is Cc1nc(-c2ncc(Br)cc2Br)ncc1C(C)O. The average Bonchev–Trinajstić information content (AvgIpc) is 2.28. The number of aliphatic hydroxyl groups excluding tert-OH is 1. The van der Waals surface area contributed by atoms with E-state index in [4.69, 9.17) is 0 Å². The van der Waals surface area contributed by atoms with E-state index < -0.39 is 6.10 Å². The zero-order valence-corrected chi connectivity index (χ0v) is 13.0. The molecule has 0 bridgehead atoms. The molecule has 4 nitrogen and oxygen atoms in total. The highest BCUT2D eigenvalue weighted by Gasteiger charge is 2.12. The van der Waals surface area contributed by atoms with Crippen LogP contribution in [0.1, 0.15) is 24.3 Å². The van der Waals surface area contributed by atoms with Gasteiger partial charge in [0.05, 0.1) is 6.10 Å². The van der Waals surface area contributed by atoms with Crippen LogP contribution in [0.15, 0.2) is 27.4 Å². The number of hydrogen-bond donors (Lipinski definition) is 1. The lowest BCUT2D eigenvalue weighted by Crippen LogP contribution is -2.02. The molecule has 0 spiro atoms. The Balaban J connectivity index is 2.49. The molecule has 0 aromatic carbocycles. The van der Waals surface area contributed by atoms with E-state index in [0.29, 0.717) is 11.5 Å². The van der Waals surface area contributed by atoms with E-state index in [-0.39, 0.29) is 0 Å². The van der Waals surface area contributed by atoms with Gasteiger partial charge in [0.15, 0.2) is 5.82 Å². The highest BCUT2D eigenvalue weighted by atomic mass is 79.9. The Kier molecular flexibility index (Phi) is 4.09. The molecule has 2 heterocycles. The van der Waals surface area contributed by atoms with Gasteiger partial charge in [0.1, 0.15) is 5.69 Å². The topological polar surface area (TPSA) is 58.9 Å². The van der Waals surface area contributed by atoms with Gasteiger partial charge >= 0.3 is 0 Å². The third kappa shape index (κ3) is 2.76. The largest absolute Gasteiger partial charge is 0.389 e. The molecule has 6 heteroatoms. The van der Waals surface area contributed by atoms with Crippen molar-refractivity contribution >= 4 is 31.9 Å². The summed E-state index contributed by atoms with van der Waals surface area (Å²) in [6, 6.07) is 1.89. The molecule has 0 radical (unpaired) electrons. The number of aromatic nitrogens is 3. The first-order valence-corrected chi connectivity index (χ1v) is 6.90. The van der Waals surface area contributed by atoms with Gasteiger partial charge in [0, 0.05) is 32.6 Å². The van der Waals surface area contributed by atoms with E-state index in [0.717, 1.165) is 20.2 Å². The van der Waals surface area contributed by atoms with Crippen LogP contribution >= 0.6 is 31.9 Å². The Labute approximate surface area is 122 Å². The van der Waals surface area contributed by atoms with Crippen LogP contribution in [-0.4, -0.2) is 20.1 Å². The molecule has 18 heavy (non-hydrogen) atoms. The fourth-order valence-electron chi connectivity index (χ4n) is 1.58. The van der Waals surface area contributed by atoms with E-state index in [9.17, 15) is 5.11 Å². The van der Waals surface area contributed by atoms with E-state index in [1.54, 1.807) is 19.3 Å². The number of aryl methyl sites for hydroxylation is 1. The van der Waals surface area contributed by atoms with Gasteiger partial charge in [-0.2, -0.15) is 0 Å². The van der Waals surface area contributed by atoms with E-state index in [2.05, 4.69) is 46.8 Å². The first kappa shape index (κ1) is 13.6. The predicted octanol–water partition coefficient (Wildman–Crippen LogP) is 3.43. The maximum Gasteiger partial charge on any atom is 0.179 e. The maximum absolute atomic E-state index is 9.55. The molecule has 0 saturated heterocycles. The number of aliphatic hydroxyl groups is 1. The third-order valence-corrected chi connectivity index (χ3v) is 3.53. The lowest BCUT2D eigenvalue weighted by atomic mass is 10.1. The smallest absolute Gasteiger partial charge is 0.179 e. The predicted molar refractivity (Wildman–Crippen MR) is 76.0 cm³/mol. The summed E-state index contributed by atoms with van der Waals surface area (Å²) in [5, 5.41) is 9.55. The van der Waals surface area contributed by atoms with Gasteiger partial charge in [-0.15, -0.1) is 0 Å². The van der Waals surface area contributed by atoms with Crippen molar-refractivity contribution in [3.05, 3.63) is 38.7 Å². The second kappa shape index (κ2) is 5.42. The molecule has 2 rings (SSSR count). The highest BCUT2D eigenvalue weighted by Crippen LogP contribution is 2.27. The van der Waals surface area contributed by atoms with Gasteiger partial charge in [-0.05, 0) is 51.8 Å². The number of rotatable bonds is 2. The Hall–Kier alpha value is -0.850. The molecule has 94 valence electrons. The first-order chi connectivity index (χ1) is 8.49. The fourth-order valence-corrected chi connectivity index (χ4v) is 2.74. The van der Waals surface area contributed by atoms with Crippen molar-refractivity contribution in [2.45, 2.75) is 20.0 Å². The Bertz CT molecular complexity index is 588. The summed E-state index contributed by atoms with van der Waals surface area (Å²) in [6.45, 7) is 3.54. The Morgan fingerprint density at radius 2 is 1.94 bits per heavy atom. The lowest BCUT2D eigenvalue weighted by Gasteiger charge is -2.09. The summed E-state index contributed by atoms with van der Waals surface area (Å²) in [5.74, 6) is 0.538. The van der Waals surface area contributed by atoms with Crippen LogP contribution in [0.4, 0.5) is 0 Å². The third-order valence-electron chi connectivity index (χ3n) is 2.49. The number of halogens is 2. The second-order valence-electron chi connectivity index (χ2n) is 3.89. The van der Waals surface area contributed by atoms with Crippen molar-refractivity contribution in [3.8, 4) is 11.5 Å². The zero-order chi connectivity index (χ0) is 13.3. The lowest BCUT2D eigenvalue weighted by molar-refractivity contribution is 0.197. The van der Waals surface area contributed by atoms with E-state index in [1.165, 1.54) is 0 Å². The molecule has 1 N–H and O–H groups in total. The van der Waals surface area contributed by atoms with Crippen molar-refractivity contribution < 1.29 is 5.11 Å². The molecule has 2 aromatic heterocycles. The zero-order valence-electron chi connectivity index (χ0n) is 9.85. The summed E-state index contributed by atoms with van der Waals surface area (Å²) in [4.78, 5) is 12.9. The molecule has 1 unspecified atom stereocenters. The Morgan fingerprint density at radius 1 is 1.22 bits per heavy atom. The van der Waals surface area contributed by atoms with Crippen molar-refractivity contribution in [2.75, 3.05) is 0 Å². The molecule has 0 fully saturated rings. The molecule has 0 amide bonds. The summed E-state index contributed by atoms with van der Waals surface area (Å²) >= 11 is 6.78. The van der Waals surface area contributed by atoms with Gasteiger partial charge < -0.3 is 5.11 Å². The summed E-state index contributed by atoms with van der Waals surface area (Å²) in [5.41, 5.74) is 2.16. The molecule has 0 aliphatic carbocycles. The molecule has 0 saturated carbocycles. The molecular formula is C12H11Br2N3O. The molecular weight excluding hydrogens is 362 g/mol. The number of nitrogens with zero attached hydrogens (tertiary/aromatic N) is 3. The summed E-state index contributed by atoms with van der Waals surface area (Å²) in [7, 11) is 0. The minimum Gasteiger partial charge on any atom is -0.389 e.